The lowest BCUT2D eigenvalue weighted by Crippen LogP contribution is -2.45. The highest BCUT2D eigenvalue weighted by Crippen LogP contribution is 2.22. The summed E-state index contributed by atoms with van der Waals surface area (Å²) < 4.78 is 0. The largest absolute Gasteiger partial charge is 0.399 e. The fourth-order valence-corrected chi connectivity index (χ4v) is 2.63. The highest BCUT2D eigenvalue weighted by molar-refractivity contribution is 5.40. The second-order valence-electron chi connectivity index (χ2n) is 5.48. The smallest absolute Gasteiger partial charge is 0.0437 e. The molecule has 2 rings (SSSR count). The van der Waals surface area contributed by atoms with Crippen molar-refractivity contribution in [2.45, 2.75) is 12.3 Å². The number of rotatable bonds is 5. The van der Waals surface area contributed by atoms with E-state index >= 15 is 0 Å². The number of aliphatic hydroxyl groups excluding tert-OH is 1. The third kappa shape index (κ3) is 4.20. The van der Waals surface area contributed by atoms with E-state index in [1.807, 2.05) is 12.1 Å². The molecule has 0 aliphatic carbocycles. The number of nitrogens with zero attached hydrogens (tertiary/aromatic N) is 2. The zero-order chi connectivity index (χ0) is 13.7. The van der Waals surface area contributed by atoms with E-state index in [0.717, 1.165) is 44.8 Å². The molecule has 0 bridgehead atoms. The van der Waals surface area contributed by atoms with Gasteiger partial charge >= 0.3 is 0 Å². The lowest BCUT2D eigenvalue weighted by molar-refractivity contribution is 0.141. The highest BCUT2D eigenvalue weighted by Gasteiger charge is 2.19. The topological polar surface area (TPSA) is 52.7 Å². The maximum absolute atomic E-state index is 9.27. The lowest BCUT2D eigenvalue weighted by atomic mass is 9.95. The van der Waals surface area contributed by atoms with Crippen LogP contribution in [0, 0.1) is 0 Å². The third-order valence-electron chi connectivity index (χ3n) is 3.96. The van der Waals surface area contributed by atoms with Crippen LogP contribution in [0.4, 0.5) is 5.69 Å². The van der Waals surface area contributed by atoms with Crippen LogP contribution in [0.15, 0.2) is 24.3 Å². The van der Waals surface area contributed by atoms with E-state index in [-0.39, 0.29) is 6.61 Å². The van der Waals surface area contributed by atoms with Crippen molar-refractivity contribution >= 4 is 5.69 Å². The van der Waals surface area contributed by atoms with Crippen LogP contribution in [-0.4, -0.2) is 61.3 Å². The molecule has 1 unspecified atom stereocenters. The summed E-state index contributed by atoms with van der Waals surface area (Å²) in [6.45, 7) is 5.77. The number of nitrogen functional groups attached to an aromatic ring is 1. The number of piperazine rings is 1. The minimum atomic E-state index is 0.239. The van der Waals surface area contributed by atoms with Gasteiger partial charge in [0.2, 0.25) is 0 Å². The van der Waals surface area contributed by atoms with E-state index in [0.29, 0.717) is 5.92 Å². The van der Waals surface area contributed by atoms with Crippen LogP contribution in [0.25, 0.3) is 0 Å². The first-order valence-corrected chi connectivity index (χ1v) is 7.06. The predicted molar refractivity (Wildman–Crippen MR) is 79.2 cm³/mol. The standard InChI is InChI=1S/C15H25N3O/c1-17-7-9-18(10-8-17)12-14(6-11-19)13-2-4-15(16)5-3-13/h2-5,14,19H,6-12,16H2,1H3. The van der Waals surface area contributed by atoms with Gasteiger partial charge in [-0.15, -0.1) is 0 Å². The van der Waals surface area contributed by atoms with E-state index in [4.69, 9.17) is 5.73 Å². The molecular weight excluding hydrogens is 238 g/mol. The molecule has 1 aromatic rings. The molecule has 0 spiro atoms. The summed E-state index contributed by atoms with van der Waals surface area (Å²) in [4.78, 5) is 4.86. The molecule has 0 radical (unpaired) electrons. The van der Waals surface area contributed by atoms with Crippen molar-refractivity contribution < 1.29 is 5.11 Å². The van der Waals surface area contributed by atoms with Crippen molar-refractivity contribution in [1.82, 2.24) is 9.80 Å². The molecule has 4 heteroatoms. The third-order valence-corrected chi connectivity index (χ3v) is 3.96. The Morgan fingerprint density at radius 3 is 2.37 bits per heavy atom. The lowest BCUT2D eigenvalue weighted by Gasteiger charge is -2.34. The fraction of sp³-hybridized carbons (Fsp3) is 0.600. The number of nitrogens with two attached hydrogens (primary N) is 1. The molecule has 0 amide bonds. The Kier molecular flexibility index (Phi) is 5.19. The average molecular weight is 263 g/mol. The van der Waals surface area contributed by atoms with Crippen LogP contribution < -0.4 is 5.73 Å². The number of likely N-dealkylation sites (N-methyl/N-ethyl adjacent to an activating group) is 1. The molecule has 1 atom stereocenters. The maximum Gasteiger partial charge on any atom is 0.0437 e. The fourth-order valence-electron chi connectivity index (χ4n) is 2.63. The quantitative estimate of drug-likeness (QED) is 0.778. The normalized spacial score (nSPS) is 19.5. The molecule has 1 saturated heterocycles. The van der Waals surface area contributed by atoms with Crippen molar-refractivity contribution in [2.75, 3.05) is 52.1 Å². The van der Waals surface area contributed by atoms with Crippen molar-refractivity contribution in [3.63, 3.8) is 0 Å². The molecule has 3 N–H and O–H groups in total. The summed E-state index contributed by atoms with van der Waals surface area (Å²) in [5.74, 6) is 0.397. The van der Waals surface area contributed by atoms with Gasteiger partial charge < -0.3 is 20.6 Å². The van der Waals surface area contributed by atoms with Crippen LogP contribution in [0.1, 0.15) is 17.9 Å². The van der Waals surface area contributed by atoms with Crippen LogP contribution >= 0.6 is 0 Å². The first kappa shape index (κ1) is 14.3. The summed E-state index contributed by atoms with van der Waals surface area (Å²) in [5.41, 5.74) is 7.81. The van der Waals surface area contributed by atoms with E-state index in [9.17, 15) is 5.11 Å². The molecule has 1 aliphatic rings. The summed E-state index contributed by atoms with van der Waals surface area (Å²) >= 11 is 0. The predicted octanol–water partition coefficient (Wildman–Crippen LogP) is 0.982. The maximum atomic E-state index is 9.27. The second kappa shape index (κ2) is 6.89. The number of anilines is 1. The molecule has 106 valence electrons. The Morgan fingerprint density at radius 1 is 1.16 bits per heavy atom. The second-order valence-corrected chi connectivity index (χ2v) is 5.48. The van der Waals surface area contributed by atoms with E-state index in [1.165, 1.54) is 5.56 Å². The number of benzene rings is 1. The van der Waals surface area contributed by atoms with Gasteiger partial charge in [0.15, 0.2) is 0 Å². The van der Waals surface area contributed by atoms with E-state index in [2.05, 4.69) is 29.0 Å². The van der Waals surface area contributed by atoms with Gasteiger partial charge in [-0.1, -0.05) is 12.1 Å². The Hall–Kier alpha value is -1.10. The number of hydrogen-bond acceptors (Lipinski definition) is 4. The van der Waals surface area contributed by atoms with Gasteiger partial charge in [-0.3, -0.25) is 0 Å². The van der Waals surface area contributed by atoms with Crippen molar-refractivity contribution in [3.05, 3.63) is 29.8 Å². The van der Waals surface area contributed by atoms with Gasteiger partial charge in [-0.25, -0.2) is 0 Å². The molecule has 1 aliphatic heterocycles. The Labute approximate surface area is 115 Å². The van der Waals surface area contributed by atoms with Crippen LogP contribution in [0.5, 0.6) is 0 Å². The molecule has 1 fully saturated rings. The first-order valence-electron chi connectivity index (χ1n) is 7.06. The molecule has 0 aromatic heterocycles. The molecule has 19 heavy (non-hydrogen) atoms. The Morgan fingerprint density at radius 2 is 1.79 bits per heavy atom. The van der Waals surface area contributed by atoms with E-state index in [1.54, 1.807) is 0 Å². The van der Waals surface area contributed by atoms with Crippen LogP contribution in [0.2, 0.25) is 0 Å². The minimum absolute atomic E-state index is 0.239. The van der Waals surface area contributed by atoms with Gasteiger partial charge in [0, 0.05) is 45.0 Å². The number of hydrogen-bond donors (Lipinski definition) is 2. The van der Waals surface area contributed by atoms with Crippen molar-refractivity contribution in [3.8, 4) is 0 Å². The van der Waals surface area contributed by atoms with E-state index < -0.39 is 0 Å². The zero-order valence-corrected chi connectivity index (χ0v) is 11.8. The van der Waals surface area contributed by atoms with Gasteiger partial charge in [0.1, 0.15) is 0 Å². The molecule has 1 aromatic carbocycles. The first-order chi connectivity index (χ1) is 9.19. The van der Waals surface area contributed by atoms with Crippen molar-refractivity contribution in [1.29, 1.82) is 0 Å². The molecule has 1 heterocycles. The van der Waals surface area contributed by atoms with Crippen LogP contribution in [0.3, 0.4) is 0 Å². The monoisotopic (exact) mass is 263 g/mol. The summed E-state index contributed by atoms with van der Waals surface area (Å²) in [7, 11) is 2.17. The molecule has 4 nitrogen and oxygen atoms in total. The van der Waals surface area contributed by atoms with Crippen LogP contribution in [-0.2, 0) is 0 Å². The minimum Gasteiger partial charge on any atom is -0.399 e. The van der Waals surface area contributed by atoms with Gasteiger partial charge in [0.05, 0.1) is 0 Å². The summed E-state index contributed by atoms with van der Waals surface area (Å²) in [5, 5.41) is 9.27. The highest BCUT2D eigenvalue weighted by atomic mass is 16.3. The Bertz CT molecular complexity index is 371. The van der Waals surface area contributed by atoms with Gasteiger partial charge in [-0.2, -0.15) is 0 Å². The molecular formula is C15H25N3O. The zero-order valence-electron chi connectivity index (χ0n) is 11.8. The summed E-state index contributed by atoms with van der Waals surface area (Å²) in [6, 6.07) is 8.07. The molecule has 0 saturated carbocycles. The Balaban J connectivity index is 1.97. The summed E-state index contributed by atoms with van der Waals surface area (Å²) in [6.07, 6.45) is 0.816. The SMILES string of the molecule is CN1CCN(CC(CCO)c2ccc(N)cc2)CC1. The van der Waals surface area contributed by atoms with Crippen molar-refractivity contribution in [2.24, 2.45) is 0 Å². The average Bonchev–Trinajstić information content (AvgIpc) is 2.42. The van der Waals surface area contributed by atoms with Gasteiger partial charge in [-0.05, 0) is 37.1 Å². The van der Waals surface area contributed by atoms with Gasteiger partial charge in [0.25, 0.3) is 0 Å². The number of aliphatic hydroxyl groups is 1.